The van der Waals surface area contributed by atoms with Crippen LogP contribution in [-0.2, 0) is 24.2 Å². The van der Waals surface area contributed by atoms with Crippen molar-refractivity contribution in [3.8, 4) is 6.07 Å². The van der Waals surface area contributed by atoms with Gasteiger partial charge in [0, 0.05) is 19.3 Å². The van der Waals surface area contributed by atoms with Crippen LogP contribution < -0.4 is 0 Å². The predicted molar refractivity (Wildman–Crippen MR) is 104 cm³/mol. The molecule has 0 saturated heterocycles. The molecule has 1 atom stereocenters. The number of fused-ring (bicyclic) bond motifs is 1. The number of nitriles is 1. The first-order chi connectivity index (χ1) is 12.9. The summed E-state index contributed by atoms with van der Waals surface area (Å²) in [5.41, 5.74) is 4.57. The fourth-order valence-corrected chi connectivity index (χ4v) is 4.57. The Morgan fingerprint density at radius 2 is 2.22 bits per heavy atom. The van der Waals surface area contributed by atoms with Gasteiger partial charge in [-0.2, -0.15) is 5.26 Å². The number of hydrogen-bond acceptors (Lipinski definition) is 4. The Bertz CT molecular complexity index is 922. The number of nitrogens with zero attached hydrogens (tertiary/aromatic N) is 3. The first kappa shape index (κ1) is 19.4. The van der Waals surface area contributed by atoms with Crippen LogP contribution in [0.1, 0.15) is 41.3 Å². The average Bonchev–Trinajstić information content (AvgIpc) is 3.10. The van der Waals surface area contributed by atoms with Crippen molar-refractivity contribution in [2.45, 2.75) is 49.9 Å². The third-order valence-corrected chi connectivity index (χ3v) is 5.97. The lowest BCUT2D eigenvalue weighted by molar-refractivity contribution is -0.129. The van der Waals surface area contributed by atoms with Gasteiger partial charge in [0.05, 0.1) is 10.8 Å². The van der Waals surface area contributed by atoms with E-state index in [0.29, 0.717) is 17.1 Å². The van der Waals surface area contributed by atoms with Crippen molar-refractivity contribution in [1.82, 2.24) is 9.88 Å². The van der Waals surface area contributed by atoms with Crippen LogP contribution in [0, 0.1) is 24.1 Å². The fraction of sp³-hybridized carbons (Fsp3) is 0.381. The third-order valence-electron chi connectivity index (χ3n) is 4.90. The molecule has 3 rings (SSSR count). The Balaban J connectivity index is 1.75. The zero-order valence-electron chi connectivity index (χ0n) is 15.8. The quantitative estimate of drug-likeness (QED) is 0.732. The van der Waals surface area contributed by atoms with Crippen LogP contribution in [0.4, 0.5) is 4.39 Å². The second kappa shape index (κ2) is 8.10. The van der Waals surface area contributed by atoms with E-state index < -0.39 is 0 Å². The maximum Gasteiger partial charge on any atom is 0.235 e. The minimum Gasteiger partial charge on any atom is -0.340 e. The fourth-order valence-electron chi connectivity index (χ4n) is 3.48. The van der Waals surface area contributed by atoms with Crippen LogP contribution in [0.3, 0.4) is 0 Å². The molecule has 0 aliphatic heterocycles. The number of carbonyl (C=O) groups excluding carboxylic acids is 1. The van der Waals surface area contributed by atoms with Gasteiger partial charge in [0.25, 0.3) is 0 Å². The maximum absolute atomic E-state index is 13.3. The molecular weight excluding hydrogens is 361 g/mol. The van der Waals surface area contributed by atoms with Crippen LogP contribution in [0.2, 0.25) is 0 Å². The number of pyridine rings is 1. The van der Waals surface area contributed by atoms with Crippen molar-refractivity contribution in [3.05, 3.63) is 58.0 Å². The summed E-state index contributed by atoms with van der Waals surface area (Å²) in [5, 5.41) is 9.83. The molecule has 6 heteroatoms. The van der Waals surface area contributed by atoms with E-state index in [0.717, 1.165) is 36.1 Å². The number of carbonyl (C=O) groups is 1. The van der Waals surface area contributed by atoms with Gasteiger partial charge in [0.15, 0.2) is 0 Å². The molecule has 1 heterocycles. The highest BCUT2D eigenvalue weighted by Crippen LogP contribution is 2.33. The van der Waals surface area contributed by atoms with Gasteiger partial charge in [-0.25, -0.2) is 9.37 Å². The molecule has 1 unspecified atom stereocenters. The number of amides is 1. The van der Waals surface area contributed by atoms with Crippen LogP contribution in [0.5, 0.6) is 0 Å². The Hall–Kier alpha value is -2.39. The number of aromatic nitrogens is 1. The summed E-state index contributed by atoms with van der Waals surface area (Å²) in [5.74, 6) is -0.389. The van der Waals surface area contributed by atoms with E-state index in [2.05, 4.69) is 11.1 Å². The molecule has 0 fully saturated rings. The molecule has 0 bridgehead atoms. The Morgan fingerprint density at radius 3 is 2.93 bits per heavy atom. The molecule has 27 heavy (non-hydrogen) atoms. The Labute approximate surface area is 163 Å². The predicted octanol–water partition coefficient (Wildman–Crippen LogP) is 4.03. The van der Waals surface area contributed by atoms with Gasteiger partial charge in [0.2, 0.25) is 5.91 Å². The Morgan fingerprint density at radius 1 is 1.44 bits per heavy atom. The molecular formula is C21H22FN3OS. The molecule has 0 N–H and O–H groups in total. The molecule has 1 aliphatic carbocycles. The van der Waals surface area contributed by atoms with E-state index in [9.17, 15) is 14.4 Å². The number of aryl methyl sites for hydroxylation is 1. The number of benzene rings is 1. The summed E-state index contributed by atoms with van der Waals surface area (Å²) in [6.07, 6.45) is 2.96. The number of thioether (sulfide) groups is 1. The molecule has 2 aromatic rings. The smallest absolute Gasteiger partial charge is 0.235 e. The highest BCUT2D eigenvalue weighted by Gasteiger charge is 2.25. The lowest BCUT2D eigenvalue weighted by Crippen LogP contribution is -2.33. The topological polar surface area (TPSA) is 57.0 Å². The standard InChI is InChI=1S/C21H22FN3OS/c1-13-17-8-5-9-19(17)24-20(18(13)11-23)27-14(2)21(26)25(3)12-15-6-4-7-16(22)10-15/h4,6-7,10,14H,5,8-9,12H2,1-3H3. The highest BCUT2D eigenvalue weighted by atomic mass is 32.2. The van der Waals surface area contributed by atoms with Gasteiger partial charge in [-0.1, -0.05) is 23.9 Å². The van der Waals surface area contributed by atoms with Crippen molar-refractivity contribution < 1.29 is 9.18 Å². The van der Waals surface area contributed by atoms with Crippen molar-refractivity contribution in [2.75, 3.05) is 7.05 Å². The van der Waals surface area contributed by atoms with Crippen molar-refractivity contribution >= 4 is 17.7 Å². The molecule has 4 nitrogen and oxygen atoms in total. The van der Waals surface area contributed by atoms with Gasteiger partial charge in [-0.15, -0.1) is 0 Å². The van der Waals surface area contributed by atoms with Crippen LogP contribution in [0.15, 0.2) is 29.3 Å². The molecule has 1 aliphatic rings. The summed E-state index contributed by atoms with van der Waals surface area (Å²) >= 11 is 1.33. The first-order valence-electron chi connectivity index (χ1n) is 8.99. The number of rotatable bonds is 5. The summed E-state index contributed by atoms with van der Waals surface area (Å²) in [4.78, 5) is 19.0. The van der Waals surface area contributed by atoms with Crippen LogP contribution in [0.25, 0.3) is 0 Å². The van der Waals surface area contributed by atoms with Crippen molar-refractivity contribution in [2.24, 2.45) is 0 Å². The lowest BCUT2D eigenvalue weighted by Gasteiger charge is -2.22. The first-order valence-corrected chi connectivity index (χ1v) is 9.87. The zero-order chi connectivity index (χ0) is 19.6. The molecule has 140 valence electrons. The van der Waals surface area contributed by atoms with E-state index in [4.69, 9.17) is 0 Å². The maximum atomic E-state index is 13.3. The van der Waals surface area contributed by atoms with Gasteiger partial charge >= 0.3 is 0 Å². The molecule has 0 radical (unpaired) electrons. The van der Waals surface area contributed by atoms with Crippen LogP contribution in [-0.4, -0.2) is 28.1 Å². The Kier molecular flexibility index (Phi) is 5.81. The normalized spacial score (nSPS) is 13.7. The molecule has 0 spiro atoms. The van der Waals surface area contributed by atoms with E-state index in [1.165, 1.54) is 29.5 Å². The number of hydrogen-bond donors (Lipinski definition) is 0. The van der Waals surface area contributed by atoms with Gasteiger partial charge in [0.1, 0.15) is 16.9 Å². The minimum absolute atomic E-state index is 0.0758. The van der Waals surface area contributed by atoms with E-state index in [1.54, 1.807) is 24.1 Å². The summed E-state index contributed by atoms with van der Waals surface area (Å²) in [6, 6.07) is 8.51. The summed E-state index contributed by atoms with van der Waals surface area (Å²) < 4.78 is 13.3. The van der Waals surface area contributed by atoms with Gasteiger partial charge in [-0.05, 0) is 61.9 Å². The van der Waals surface area contributed by atoms with Gasteiger partial charge < -0.3 is 4.90 Å². The van der Waals surface area contributed by atoms with E-state index in [1.807, 2.05) is 13.8 Å². The monoisotopic (exact) mass is 383 g/mol. The van der Waals surface area contributed by atoms with E-state index in [-0.39, 0.29) is 17.0 Å². The summed E-state index contributed by atoms with van der Waals surface area (Å²) in [6.45, 7) is 4.13. The second-order valence-corrected chi connectivity index (χ2v) is 8.22. The average molecular weight is 383 g/mol. The van der Waals surface area contributed by atoms with Crippen molar-refractivity contribution in [3.63, 3.8) is 0 Å². The SMILES string of the molecule is Cc1c(C#N)c(SC(C)C(=O)N(C)Cc2cccc(F)c2)nc2c1CCC2. The van der Waals surface area contributed by atoms with E-state index >= 15 is 0 Å². The third kappa shape index (κ3) is 4.14. The largest absolute Gasteiger partial charge is 0.340 e. The zero-order valence-corrected chi connectivity index (χ0v) is 16.6. The molecule has 0 saturated carbocycles. The molecule has 1 aromatic heterocycles. The molecule has 1 aromatic carbocycles. The minimum atomic E-state index is -0.387. The van der Waals surface area contributed by atoms with Gasteiger partial charge in [-0.3, -0.25) is 4.79 Å². The number of halogens is 1. The second-order valence-electron chi connectivity index (χ2n) is 6.89. The van der Waals surface area contributed by atoms with Crippen LogP contribution >= 0.6 is 11.8 Å². The van der Waals surface area contributed by atoms with Crippen molar-refractivity contribution in [1.29, 1.82) is 5.26 Å². The lowest BCUT2D eigenvalue weighted by atomic mass is 10.0. The molecule has 1 amide bonds. The summed E-state index contributed by atoms with van der Waals surface area (Å²) in [7, 11) is 1.71. The highest BCUT2D eigenvalue weighted by molar-refractivity contribution is 8.00.